The fraction of sp³-hybridized carbons (Fsp3) is 0.524. The number of halogens is 3. The first-order valence-electron chi connectivity index (χ1n) is 10.1. The van der Waals surface area contributed by atoms with Gasteiger partial charge in [0, 0.05) is 31.1 Å². The Morgan fingerprint density at radius 2 is 2.03 bits per heavy atom. The van der Waals surface area contributed by atoms with Gasteiger partial charge in [0.2, 0.25) is 5.91 Å². The number of carbonyl (C=O) groups is 1. The van der Waals surface area contributed by atoms with E-state index >= 15 is 0 Å². The molecule has 3 heterocycles. The molecule has 0 radical (unpaired) electrons. The lowest BCUT2D eigenvalue weighted by Gasteiger charge is -2.31. The predicted molar refractivity (Wildman–Crippen MR) is 106 cm³/mol. The van der Waals surface area contributed by atoms with Crippen LogP contribution in [0.25, 0.3) is 0 Å². The number of alkyl halides is 3. The third-order valence-electron chi connectivity index (χ3n) is 5.87. The van der Waals surface area contributed by atoms with E-state index in [0.717, 1.165) is 16.0 Å². The van der Waals surface area contributed by atoms with Crippen molar-refractivity contribution in [3.8, 4) is 5.75 Å². The molecule has 162 valence electrons. The van der Waals surface area contributed by atoms with E-state index in [-0.39, 0.29) is 30.7 Å². The maximum absolute atomic E-state index is 13.5. The Morgan fingerprint density at radius 1 is 1.30 bits per heavy atom. The molecule has 1 N–H and O–H groups in total. The first kappa shape index (κ1) is 20.6. The predicted octanol–water partition coefficient (Wildman–Crippen LogP) is 3.76. The van der Waals surface area contributed by atoms with E-state index in [1.54, 1.807) is 25.0 Å². The average Bonchev–Trinajstić information content (AvgIpc) is 3.34. The molecule has 9 heteroatoms. The highest BCUT2D eigenvalue weighted by molar-refractivity contribution is 5.79. The molecule has 1 aromatic heterocycles. The van der Waals surface area contributed by atoms with Gasteiger partial charge in [-0.25, -0.2) is 4.68 Å². The van der Waals surface area contributed by atoms with Crippen LogP contribution in [0, 0.1) is 0 Å². The summed E-state index contributed by atoms with van der Waals surface area (Å²) in [4.78, 5) is 14.4. The molecule has 0 aliphatic carbocycles. The second-order valence-electron chi connectivity index (χ2n) is 8.09. The summed E-state index contributed by atoms with van der Waals surface area (Å²) in [6.45, 7) is 2.79. The molecule has 1 fully saturated rings. The van der Waals surface area contributed by atoms with Gasteiger partial charge in [0.25, 0.3) is 0 Å². The zero-order valence-corrected chi connectivity index (χ0v) is 16.9. The summed E-state index contributed by atoms with van der Waals surface area (Å²) in [6.07, 6.45) is -3.41. The van der Waals surface area contributed by atoms with E-state index in [1.165, 1.54) is 0 Å². The summed E-state index contributed by atoms with van der Waals surface area (Å²) in [6, 6.07) is 7.16. The van der Waals surface area contributed by atoms with Gasteiger partial charge in [-0.2, -0.15) is 18.3 Å². The van der Waals surface area contributed by atoms with Crippen LogP contribution >= 0.6 is 0 Å². The molecule has 6 nitrogen and oxygen atoms in total. The van der Waals surface area contributed by atoms with Crippen molar-refractivity contribution in [3.63, 3.8) is 0 Å². The molecule has 0 saturated carbocycles. The molecule has 3 atom stereocenters. The van der Waals surface area contributed by atoms with Gasteiger partial charge in [0.1, 0.15) is 11.6 Å². The van der Waals surface area contributed by atoms with Gasteiger partial charge >= 0.3 is 6.18 Å². The molecule has 2 aliphatic rings. The van der Waals surface area contributed by atoms with Crippen molar-refractivity contribution in [2.75, 3.05) is 25.5 Å². The fourth-order valence-corrected chi connectivity index (χ4v) is 4.23. The first-order chi connectivity index (χ1) is 14.2. The number of anilines is 1. The summed E-state index contributed by atoms with van der Waals surface area (Å²) in [5, 5.41) is 7.39. The molecular formula is C21H25F3N4O2. The van der Waals surface area contributed by atoms with Crippen LogP contribution in [0.1, 0.15) is 43.0 Å². The average molecular weight is 422 g/mol. The second kappa shape index (κ2) is 7.85. The minimum atomic E-state index is -4.34. The van der Waals surface area contributed by atoms with Crippen molar-refractivity contribution < 1.29 is 22.7 Å². The molecule has 30 heavy (non-hydrogen) atoms. The lowest BCUT2D eigenvalue weighted by atomic mass is 10.0. The molecule has 0 bridgehead atoms. The van der Waals surface area contributed by atoms with Gasteiger partial charge in [0.15, 0.2) is 6.04 Å². The number of benzene rings is 1. The highest BCUT2D eigenvalue weighted by atomic mass is 19.4. The highest BCUT2D eigenvalue weighted by Crippen LogP contribution is 2.40. The number of likely N-dealkylation sites (tertiary alicyclic amines) is 1. The summed E-state index contributed by atoms with van der Waals surface area (Å²) in [7, 11) is 1.59. The van der Waals surface area contributed by atoms with E-state index in [2.05, 4.69) is 10.4 Å². The minimum absolute atomic E-state index is 0.00607. The van der Waals surface area contributed by atoms with Crippen molar-refractivity contribution in [1.82, 2.24) is 14.7 Å². The van der Waals surface area contributed by atoms with Gasteiger partial charge in [-0.3, -0.25) is 4.79 Å². The number of rotatable bonds is 4. The molecule has 2 aliphatic heterocycles. The van der Waals surface area contributed by atoms with Crippen molar-refractivity contribution in [2.24, 2.45) is 0 Å². The van der Waals surface area contributed by atoms with E-state index in [0.29, 0.717) is 31.0 Å². The summed E-state index contributed by atoms with van der Waals surface area (Å²) in [5.74, 6) is 1.07. The molecule has 1 saturated heterocycles. The largest absolute Gasteiger partial charge is 0.497 e. The normalized spacial score (nSPS) is 23.8. The quantitative estimate of drug-likeness (QED) is 0.815. The maximum Gasteiger partial charge on any atom is 0.410 e. The Labute approximate surface area is 173 Å². The maximum atomic E-state index is 13.5. The summed E-state index contributed by atoms with van der Waals surface area (Å²) < 4.78 is 46.6. The Hall–Kier alpha value is -2.71. The number of hydrogen-bond acceptors (Lipinski definition) is 4. The molecule has 0 spiro atoms. The molecule has 1 unspecified atom stereocenters. The summed E-state index contributed by atoms with van der Waals surface area (Å²) in [5.41, 5.74) is 1.51. The van der Waals surface area contributed by atoms with Gasteiger partial charge in [-0.15, -0.1) is 0 Å². The Kier molecular flexibility index (Phi) is 5.38. The van der Waals surface area contributed by atoms with Gasteiger partial charge < -0.3 is 15.0 Å². The Bertz CT molecular complexity index is 910. The fourth-order valence-electron chi connectivity index (χ4n) is 4.23. The minimum Gasteiger partial charge on any atom is -0.497 e. The number of hydrogen-bond donors (Lipinski definition) is 1. The topological polar surface area (TPSA) is 59.4 Å². The SMILES string of the molecule is COc1ccc(CC(=O)N2CCC(c3cc4n(n3)[C@@H](C(F)(F)F)C[C@@H](C)N4)C2)cc1. The zero-order valence-electron chi connectivity index (χ0n) is 16.9. The number of aromatic nitrogens is 2. The highest BCUT2D eigenvalue weighted by Gasteiger charge is 2.46. The third-order valence-corrected chi connectivity index (χ3v) is 5.87. The summed E-state index contributed by atoms with van der Waals surface area (Å²) >= 11 is 0. The number of carbonyl (C=O) groups excluding carboxylic acids is 1. The van der Waals surface area contributed by atoms with Crippen LogP contribution in [0.4, 0.5) is 19.0 Å². The number of ether oxygens (including phenoxy) is 1. The zero-order chi connectivity index (χ0) is 21.5. The van der Waals surface area contributed by atoms with E-state index in [4.69, 9.17) is 4.74 Å². The molecule has 1 amide bonds. The Morgan fingerprint density at radius 3 is 2.70 bits per heavy atom. The van der Waals surface area contributed by atoms with Crippen LogP contribution in [0.3, 0.4) is 0 Å². The number of methoxy groups -OCH3 is 1. The first-order valence-corrected chi connectivity index (χ1v) is 10.1. The van der Waals surface area contributed by atoms with Crippen LogP contribution < -0.4 is 10.1 Å². The van der Waals surface area contributed by atoms with Crippen molar-refractivity contribution in [3.05, 3.63) is 41.6 Å². The van der Waals surface area contributed by atoms with Crippen LogP contribution in [-0.4, -0.2) is 53.0 Å². The third kappa shape index (κ3) is 4.11. The lowest BCUT2D eigenvalue weighted by molar-refractivity contribution is -0.173. The molecule has 4 rings (SSSR count). The van der Waals surface area contributed by atoms with Gasteiger partial charge in [-0.05, 0) is 37.5 Å². The van der Waals surface area contributed by atoms with Crippen molar-refractivity contribution in [2.45, 2.75) is 50.4 Å². The van der Waals surface area contributed by atoms with Crippen LogP contribution in [-0.2, 0) is 11.2 Å². The van der Waals surface area contributed by atoms with E-state index in [1.807, 2.05) is 24.3 Å². The lowest BCUT2D eigenvalue weighted by Crippen LogP contribution is -2.37. The number of fused-ring (bicyclic) bond motifs is 1. The van der Waals surface area contributed by atoms with E-state index < -0.39 is 12.2 Å². The van der Waals surface area contributed by atoms with Gasteiger partial charge in [0.05, 0.1) is 19.2 Å². The smallest absolute Gasteiger partial charge is 0.410 e. The molecular weight excluding hydrogens is 397 g/mol. The second-order valence-corrected chi connectivity index (χ2v) is 8.09. The van der Waals surface area contributed by atoms with Crippen molar-refractivity contribution >= 4 is 11.7 Å². The van der Waals surface area contributed by atoms with Gasteiger partial charge in [-0.1, -0.05) is 12.1 Å². The Balaban J connectivity index is 1.44. The van der Waals surface area contributed by atoms with Crippen molar-refractivity contribution in [1.29, 1.82) is 0 Å². The number of nitrogens with zero attached hydrogens (tertiary/aromatic N) is 3. The van der Waals surface area contributed by atoms with Crippen LogP contribution in [0.15, 0.2) is 30.3 Å². The van der Waals surface area contributed by atoms with Crippen LogP contribution in [0.2, 0.25) is 0 Å². The number of nitrogens with one attached hydrogen (secondary N) is 1. The molecule has 1 aromatic carbocycles. The number of amides is 1. The van der Waals surface area contributed by atoms with E-state index in [9.17, 15) is 18.0 Å². The standard InChI is InChI=1S/C21H25F3N4O2/c1-13-9-18(21(22,23)24)28-19(25-13)11-17(26-28)15-7-8-27(12-15)20(29)10-14-3-5-16(30-2)6-4-14/h3-6,11,13,15,18,25H,7-10,12H2,1-2H3/t13-,15?,18-/m1/s1. The van der Waals surface area contributed by atoms with Crippen LogP contribution in [0.5, 0.6) is 5.75 Å². The monoisotopic (exact) mass is 422 g/mol. The molecule has 2 aromatic rings.